The number of benzene rings is 1. The minimum atomic E-state index is -3.94. The predicted molar refractivity (Wildman–Crippen MR) is 98.6 cm³/mol. The van der Waals surface area contributed by atoms with Crippen LogP contribution in [0.3, 0.4) is 0 Å². The van der Waals surface area contributed by atoms with Crippen LogP contribution in [0.2, 0.25) is 0 Å². The summed E-state index contributed by atoms with van der Waals surface area (Å²) in [5.74, 6) is -1.89. The lowest BCUT2D eigenvalue weighted by Gasteiger charge is -2.25. The number of hydroxylamine groups is 1. The molecule has 0 aliphatic rings. The Kier molecular flexibility index (Phi) is 6.01. The lowest BCUT2D eigenvalue weighted by Crippen LogP contribution is -2.50. The topological polar surface area (TPSA) is 129 Å². The van der Waals surface area contributed by atoms with Crippen LogP contribution in [-0.4, -0.2) is 35.1 Å². The van der Waals surface area contributed by atoms with Gasteiger partial charge in [0.05, 0.1) is 11.6 Å². The van der Waals surface area contributed by atoms with Gasteiger partial charge in [-0.1, -0.05) is 12.1 Å². The molecular weight excluding hydrogens is 389 g/mol. The summed E-state index contributed by atoms with van der Waals surface area (Å²) in [6, 6.07) is 9.06. The molecule has 1 amide bonds. The lowest BCUT2D eigenvalue weighted by molar-refractivity contribution is -0.131. The van der Waals surface area contributed by atoms with Crippen molar-refractivity contribution in [2.45, 2.75) is 24.6 Å². The highest BCUT2D eigenvalue weighted by Crippen LogP contribution is 2.24. The molecule has 1 aromatic heterocycles. The molecule has 1 aromatic carbocycles. The van der Waals surface area contributed by atoms with Crippen molar-refractivity contribution in [1.29, 1.82) is 5.26 Å². The number of carbonyl (C=O) groups is 1. The van der Waals surface area contributed by atoms with Gasteiger partial charge in [0.25, 0.3) is 11.5 Å². The molecular formula is C18H18FN3O5S. The van der Waals surface area contributed by atoms with E-state index in [0.29, 0.717) is 11.1 Å². The third-order valence-electron chi connectivity index (χ3n) is 4.61. The molecule has 0 aliphatic heterocycles. The van der Waals surface area contributed by atoms with E-state index in [2.05, 4.69) is 0 Å². The standard InChI is InChI=1S/C18H18FN3O5S/c1-18(17(24)21-25,28(2,26)27)6-7-22-11-15(19)14(9-16(22)23)13-5-3-4-12(8-13)10-20/h3-5,8-9,11,25H,6-7H2,1-2H3,(H,21,24). The van der Waals surface area contributed by atoms with E-state index < -0.39 is 31.9 Å². The van der Waals surface area contributed by atoms with Crippen molar-refractivity contribution in [2.75, 3.05) is 6.26 Å². The van der Waals surface area contributed by atoms with Gasteiger partial charge in [0.2, 0.25) is 0 Å². The fraction of sp³-hybridized carbons (Fsp3) is 0.278. The van der Waals surface area contributed by atoms with E-state index in [4.69, 9.17) is 10.5 Å². The number of nitrogens with one attached hydrogen (secondary N) is 1. The molecule has 148 valence electrons. The summed E-state index contributed by atoms with van der Waals surface area (Å²) in [7, 11) is -3.94. The van der Waals surface area contributed by atoms with Crippen molar-refractivity contribution in [3.8, 4) is 17.2 Å². The highest BCUT2D eigenvalue weighted by atomic mass is 32.2. The van der Waals surface area contributed by atoms with Gasteiger partial charge in [0, 0.05) is 30.6 Å². The summed E-state index contributed by atoms with van der Waals surface area (Å²) < 4.78 is 37.4. The molecule has 1 atom stereocenters. The quantitative estimate of drug-likeness (QED) is 0.547. The van der Waals surface area contributed by atoms with Crippen LogP contribution in [0.15, 0.2) is 41.3 Å². The summed E-state index contributed by atoms with van der Waals surface area (Å²) >= 11 is 0. The number of carbonyl (C=O) groups excluding carboxylic acids is 1. The Labute approximate surface area is 160 Å². The van der Waals surface area contributed by atoms with Gasteiger partial charge in [-0.2, -0.15) is 5.26 Å². The third-order valence-corrected chi connectivity index (χ3v) is 6.64. The largest absolute Gasteiger partial charge is 0.312 e. The fourth-order valence-electron chi connectivity index (χ4n) is 2.62. The maximum Gasteiger partial charge on any atom is 0.264 e. The van der Waals surface area contributed by atoms with Crippen LogP contribution in [-0.2, 0) is 21.2 Å². The number of pyridine rings is 1. The first-order chi connectivity index (χ1) is 13.0. The first-order valence-corrected chi connectivity index (χ1v) is 9.97. The molecule has 1 unspecified atom stereocenters. The average molecular weight is 407 g/mol. The maximum absolute atomic E-state index is 14.5. The number of hydrogen-bond donors (Lipinski definition) is 2. The molecule has 2 aromatic rings. The Balaban J connectivity index is 2.39. The molecule has 2 rings (SSSR count). The molecule has 0 bridgehead atoms. The molecule has 10 heteroatoms. The summed E-state index contributed by atoms with van der Waals surface area (Å²) in [5, 5.41) is 17.8. The SMILES string of the molecule is CC(CCn1cc(F)c(-c2cccc(C#N)c2)cc1=O)(C(=O)NO)S(C)(=O)=O. The molecule has 0 aliphatic carbocycles. The van der Waals surface area contributed by atoms with Gasteiger partial charge in [-0.25, -0.2) is 18.3 Å². The van der Waals surface area contributed by atoms with Crippen LogP contribution in [0.25, 0.3) is 11.1 Å². The first-order valence-electron chi connectivity index (χ1n) is 8.08. The Morgan fingerprint density at radius 2 is 2.07 bits per heavy atom. The first kappa shape index (κ1) is 21.3. The van der Waals surface area contributed by atoms with Gasteiger partial charge in [0.1, 0.15) is 5.82 Å². The van der Waals surface area contributed by atoms with E-state index >= 15 is 0 Å². The molecule has 2 N–H and O–H groups in total. The summed E-state index contributed by atoms with van der Waals surface area (Å²) in [5.41, 5.74) is 1.35. The van der Waals surface area contributed by atoms with Crippen LogP contribution < -0.4 is 11.0 Å². The zero-order chi connectivity index (χ0) is 21.1. The van der Waals surface area contributed by atoms with E-state index in [1.165, 1.54) is 11.5 Å². The van der Waals surface area contributed by atoms with E-state index in [1.807, 2.05) is 6.07 Å². The normalized spacial score (nSPS) is 13.4. The Bertz CT molecular complexity index is 1120. The van der Waals surface area contributed by atoms with Crippen molar-refractivity contribution in [2.24, 2.45) is 0 Å². The Morgan fingerprint density at radius 1 is 1.39 bits per heavy atom. The maximum atomic E-state index is 14.5. The number of sulfone groups is 1. The van der Waals surface area contributed by atoms with Crippen molar-refractivity contribution < 1.29 is 22.8 Å². The zero-order valence-electron chi connectivity index (χ0n) is 15.1. The van der Waals surface area contributed by atoms with Gasteiger partial charge in [-0.05, 0) is 31.0 Å². The third kappa shape index (κ3) is 4.11. The molecule has 0 saturated carbocycles. The Morgan fingerprint density at radius 3 is 2.64 bits per heavy atom. The van der Waals surface area contributed by atoms with Crippen LogP contribution in [0.5, 0.6) is 0 Å². The van der Waals surface area contributed by atoms with Crippen molar-refractivity contribution in [3.63, 3.8) is 0 Å². The van der Waals surface area contributed by atoms with Gasteiger partial charge >= 0.3 is 0 Å². The number of nitrogens with zero attached hydrogens (tertiary/aromatic N) is 2. The van der Waals surface area contributed by atoms with Crippen LogP contribution in [0, 0.1) is 17.1 Å². The molecule has 8 nitrogen and oxygen atoms in total. The van der Waals surface area contributed by atoms with Crippen LogP contribution in [0.4, 0.5) is 4.39 Å². The van der Waals surface area contributed by atoms with Crippen molar-refractivity contribution in [3.05, 3.63) is 58.3 Å². The van der Waals surface area contributed by atoms with Gasteiger partial charge in [-0.15, -0.1) is 0 Å². The van der Waals surface area contributed by atoms with Crippen molar-refractivity contribution in [1.82, 2.24) is 10.0 Å². The van der Waals surface area contributed by atoms with E-state index in [9.17, 15) is 22.4 Å². The van der Waals surface area contributed by atoms with Gasteiger partial charge < -0.3 is 4.57 Å². The minimum Gasteiger partial charge on any atom is -0.312 e. The molecule has 0 spiro atoms. The summed E-state index contributed by atoms with van der Waals surface area (Å²) in [6.45, 7) is 0.836. The minimum absolute atomic E-state index is 0.00248. The number of amides is 1. The highest BCUT2D eigenvalue weighted by molar-refractivity contribution is 7.92. The zero-order valence-corrected chi connectivity index (χ0v) is 16.0. The van der Waals surface area contributed by atoms with Crippen molar-refractivity contribution >= 4 is 15.7 Å². The number of aryl methyl sites for hydroxylation is 1. The van der Waals surface area contributed by atoms with Gasteiger partial charge in [-0.3, -0.25) is 14.8 Å². The second kappa shape index (κ2) is 7.92. The second-order valence-corrected chi connectivity index (χ2v) is 8.90. The molecule has 0 fully saturated rings. The fourth-order valence-corrected chi connectivity index (χ4v) is 3.46. The van der Waals surface area contributed by atoms with E-state index in [1.54, 1.807) is 18.2 Å². The smallest absolute Gasteiger partial charge is 0.264 e. The summed E-state index contributed by atoms with van der Waals surface area (Å²) in [4.78, 5) is 24.2. The number of hydrogen-bond acceptors (Lipinski definition) is 6. The predicted octanol–water partition coefficient (Wildman–Crippen LogP) is 1.22. The highest BCUT2D eigenvalue weighted by Gasteiger charge is 2.43. The molecule has 0 saturated heterocycles. The second-order valence-electron chi connectivity index (χ2n) is 6.45. The monoisotopic (exact) mass is 407 g/mol. The lowest BCUT2D eigenvalue weighted by atomic mass is 10.0. The average Bonchev–Trinajstić information content (AvgIpc) is 2.66. The number of aromatic nitrogens is 1. The molecule has 28 heavy (non-hydrogen) atoms. The molecule has 1 heterocycles. The number of nitriles is 1. The Hall–Kier alpha value is -3.03. The molecule has 0 radical (unpaired) electrons. The summed E-state index contributed by atoms with van der Waals surface area (Å²) in [6.07, 6.45) is 1.38. The van der Waals surface area contributed by atoms with E-state index in [0.717, 1.165) is 30.0 Å². The number of halogens is 1. The van der Waals surface area contributed by atoms with Crippen LogP contribution in [0.1, 0.15) is 18.9 Å². The van der Waals surface area contributed by atoms with Crippen LogP contribution >= 0.6 is 0 Å². The van der Waals surface area contributed by atoms with Gasteiger partial charge in [0.15, 0.2) is 14.6 Å². The van der Waals surface area contributed by atoms with E-state index in [-0.39, 0.29) is 18.5 Å². The number of rotatable bonds is 6.